The van der Waals surface area contributed by atoms with Crippen LogP contribution in [0.25, 0.3) is 0 Å². The molecule has 2 atom stereocenters. The second kappa shape index (κ2) is 5.26. The topological polar surface area (TPSA) is 17.1 Å². The highest BCUT2D eigenvalue weighted by Crippen LogP contribution is 2.62. The third-order valence-electron chi connectivity index (χ3n) is 4.53. The second-order valence-corrected chi connectivity index (χ2v) is 7.23. The SMILES string of the molecule is CC(C)(C)c1ccc(C2C(C(=O)c3ccccc3)C2(F)F)cc1. The molecule has 1 aliphatic rings. The molecule has 0 aromatic heterocycles. The monoisotopic (exact) mass is 314 g/mol. The highest BCUT2D eigenvalue weighted by Gasteiger charge is 2.71. The zero-order chi connectivity index (χ0) is 16.8. The maximum Gasteiger partial charge on any atom is 0.266 e. The molecule has 0 radical (unpaired) electrons. The van der Waals surface area contributed by atoms with Crippen molar-refractivity contribution in [2.45, 2.75) is 38.0 Å². The van der Waals surface area contributed by atoms with Crippen molar-refractivity contribution in [1.82, 2.24) is 0 Å². The largest absolute Gasteiger partial charge is 0.294 e. The predicted molar refractivity (Wildman–Crippen MR) is 87.1 cm³/mol. The van der Waals surface area contributed by atoms with Crippen molar-refractivity contribution in [3.63, 3.8) is 0 Å². The van der Waals surface area contributed by atoms with Gasteiger partial charge in [-0.25, -0.2) is 8.78 Å². The molecular formula is C20H20F2O. The molecule has 1 nitrogen and oxygen atoms in total. The maximum absolute atomic E-state index is 14.2. The molecule has 3 heteroatoms. The molecule has 0 saturated heterocycles. The van der Waals surface area contributed by atoms with Crippen LogP contribution in [0.15, 0.2) is 54.6 Å². The van der Waals surface area contributed by atoms with Crippen LogP contribution >= 0.6 is 0 Å². The van der Waals surface area contributed by atoms with E-state index in [9.17, 15) is 13.6 Å². The summed E-state index contributed by atoms with van der Waals surface area (Å²) in [5.41, 5.74) is 1.96. The standard InChI is InChI=1S/C20H20F2O/c1-19(2,3)15-11-9-13(10-12-15)16-17(20(16,21)22)18(23)14-7-5-4-6-8-14/h4-12,16-17H,1-3H3. The fourth-order valence-corrected chi connectivity index (χ4v) is 3.04. The van der Waals surface area contributed by atoms with Gasteiger partial charge in [-0.05, 0) is 16.5 Å². The normalized spacial score (nSPS) is 22.7. The van der Waals surface area contributed by atoms with Crippen molar-refractivity contribution >= 4 is 5.78 Å². The van der Waals surface area contributed by atoms with Gasteiger partial charge in [-0.15, -0.1) is 0 Å². The van der Waals surface area contributed by atoms with Crippen molar-refractivity contribution < 1.29 is 13.6 Å². The number of hydrogen-bond acceptors (Lipinski definition) is 1. The Morgan fingerprint density at radius 2 is 1.52 bits per heavy atom. The molecule has 1 aliphatic carbocycles. The Morgan fingerprint density at radius 3 is 2.04 bits per heavy atom. The lowest BCUT2D eigenvalue weighted by molar-refractivity contribution is 0.0742. The minimum absolute atomic E-state index is 0.0240. The van der Waals surface area contributed by atoms with Gasteiger partial charge in [-0.2, -0.15) is 0 Å². The summed E-state index contributed by atoms with van der Waals surface area (Å²) in [5.74, 6) is -5.69. The summed E-state index contributed by atoms with van der Waals surface area (Å²) >= 11 is 0. The molecule has 120 valence electrons. The molecular weight excluding hydrogens is 294 g/mol. The van der Waals surface area contributed by atoms with Gasteiger partial charge in [0.15, 0.2) is 5.78 Å². The average molecular weight is 314 g/mol. The molecule has 23 heavy (non-hydrogen) atoms. The Labute approximate surface area is 135 Å². The minimum Gasteiger partial charge on any atom is -0.294 e. The molecule has 0 amide bonds. The van der Waals surface area contributed by atoms with Gasteiger partial charge in [-0.1, -0.05) is 75.4 Å². The van der Waals surface area contributed by atoms with Gasteiger partial charge in [0.1, 0.15) is 0 Å². The predicted octanol–water partition coefficient (Wildman–Crippen LogP) is 5.22. The molecule has 2 aromatic rings. The van der Waals surface area contributed by atoms with Crippen molar-refractivity contribution in [3.8, 4) is 0 Å². The smallest absolute Gasteiger partial charge is 0.266 e. The fourth-order valence-electron chi connectivity index (χ4n) is 3.04. The highest BCUT2D eigenvalue weighted by atomic mass is 19.3. The van der Waals surface area contributed by atoms with Gasteiger partial charge in [0.05, 0.1) is 11.8 Å². The number of carbonyl (C=O) groups is 1. The molecule has 3 rings (SSSR count). The number of Topliss-reactive ketones (excluding diaryl/α,β-unsaturated/α-hetero) is 1. The first-order chi connectivity index (χ1) is 10.7. The Balaban J connectivity index is 1.85. The van der Waals surface area contributed by atoms with Crippen LogP contribution in [-0.2, 0) is 5.41 Å². The van der Waals surface area contributed by atoms with E-state index in [2.05, 4.69) is 20.8 Å². The summed E-state index contributed by atoms with van der Waals surface area (Å²) in [4.78, 5) is 12.4. The Kier molecular flexibility index (Phi) is 3.62. The Hall–Kier alpha value is -2.03. The number of halogens is 2. The summed E-state index contributed by atoms with van der Waals surface area (Å²) in [5, 5.41) is 0. The van der Waals surface area contributed by atoms with Crippen LogP contribution in [0.2, 0.25) is 0 Å². The Morgan fingerprint density at radius 1 is 0.957 bits per heavy atom. The van der Waals surface area contributed by atoms with Gasteiger partial charge in [-0.3, -0.25) is 4.79 Å². The zero-order valence-electron chi connectivity index (χ0n) is 13.5. The lowest BCUT2D eigenvalue weighted by Crippen LogP contribution is -2.10. The summed E-state index contributed by atoms with van der Waals surface area (Å²) in [6, 6.07) is 15.6. The molecule has 0 heterocycles. The van der Waals surface area contributed by atoms with Gasteiger partial charge in [0.25, 0.3) is 5.92 Å². The zero-order valence-corrected chi connectivity index (χ0v) is 13.5. The highest BCUT2D eigenvalue weighted by molar-refractivity contribution is 6.01. The van der Waals surface area contributed by atoms with Gasteiger partial charge in [0.2, 0.25) is 0 Å². The quantitative estimate of drug-likeness (QED) is 0.710. The molecule has 0 aliphatic heterocycles. The van der Waals surface area contributed by atoms with Crippen LogP contribution in [0.1, 0.15) is 48.2 Å². The third-order valence-corrected chi connectivity index (χ3v) is 4.53. The van der Waals surface area contributed by atoms with E-state index in [-0.39, 0.29) is 5.41 Å². The van der Waals surface area contributed by atoms with E-state index in [0.717, 1.165) is 5.56 Å². The lowest BCUT2D eigenvalue weighted by atomic mass is 9.86. The number of ketones is 1. The van der Waals surface area contributed by atoms with E-state index < -0.39 is 23.5 Å². The maximum atomic E-state index is 14.2. The van der Waals surface area contributed by atoms with Gasteiger partial charge >= 0.3 is 0 Å². The van der Waals surface area contributed by atoms with E-state index >= 15 is 0 Å². The number of hydrogen-bond donors (Lipinski definition) is 0. The summed E-state index contributed by atoms with van der Waals surface area (Å²) in [6.45, 7) is 6.24. The summed E-state index contributed by atoms with van der Waals surface area (Å²) in [7, 11) is 0. The molecule has 0 spiro atoms. The summed E-state index contributed by atoms with van der Waals surface area (Å²) < 4.78 is 28.4. The molecule has 2 aromatic carbocycles. The van der Waals surface area contributed by atoms with Crippen molar-refractivity contribution in [1.29, 1.82) is 0 Å². The lowest BCUT2D eigenvalue weighted by Gasteiger charge is -2.19. The second-order valence-electron chi connectivity index (χ2n) is 7.23. The van der Waals surface area contributed by atoms with Crippen molar-refractivity contribution in [2.75, 3.05) is 0 Å². The van der Waals surface area contributed by atoms with Crippen LogP contribution in [-0.4, -0.2) is 11.7 Å². The van der Waals surface area contributed by atoms with E-state index in [1.165, 1.54) is 0 Å². The van der Waals surface area contributed by atoms with Crippen LogP contribution in [0, 0.1) is 5.92 Å². The first-order valence-corrected chi connectivity index (χ1v) is 7.80. The van der Waals surface area contributed by atoms with Crippen LogP contribution < -0.4 is 0 Å². The number of benzene rings is 2. The molecule has 1 fully saturated rings. The number of alkyl halides is 2. The van der Waals surface area contributed by atoms with Crippen molar-refractivity contribution in [2.24, 2.45) is 5.92 Å². The van der Waals surface area contributed by atoms with Crippen LogP contribution in [0.3, 0.4) is 0 Å². The van der Waals surface area contributed by atoms with E-state index in [4.69, 9.17) is 0 Å². The first kappa shape index (κ1) is 15.9. The molecule has 0 N–H and O–H groups in total. The van der Waals surface area contributed by atoms with E-state index in [1.54, 1.807) is 42.5 Å². The van der Waals surface area contributed by atoms with Crippen LogP contribution in [0.5, 0.6) is 0 Å². The third kappa shape index (κ3) is 2.80. The van der Waals surface area contributed by atoms with E-state index in [1.807, 2.05) is 12.1 Å². The summed E-state index contributed by atoms with van der Waals surface area (Å²) in [6.07, 6.45) is 0. The molecule has 0 bridgehead atoms. The molecule has 1 saturated carbocycles. The van der Waals surface area contributed by atoms with Crippen LogP contribution in [0.4, 0.5) is 8.78 Å². The van der Waals surface area contributed by atoms with E-state index in [0.29, 0.717) is 11.1 Å². The Bertz CT molecular complexity index is 712. The average Bonchev–Trinajstić information content (AvgIpc) is 3.09. The first-order valence-electron chi connectivity index (χ1n) is 7.80. The minimum atomic E-state index is -2.96. The van der Waals surface area contributed by atoms with Crippen molar-refractivity contribution in [3.05, 3.63) is 71.3 Å². The number of carbonyl (C=O) groups excluding carboxylic acids is 1. The number of rotatable bonds is 3. The molecule has 2 unspecified atom stereocenters. The fraction of sp³-hybridized carbons (Fsp3) is 0.350. The van der Waals surface area contributed by atoms with Gasteiger partial charge < -0.3 is 0 Å². The van der Waals surface area contributed by atoms with Gasteiger partial charge in [0, 0.05) is 5.56 Å².